The van der Waals surface area contributed by atoms with E-state index in [1.165, 1.54) is 13.0 Å². The van der Waals surface area contributed by atoms with Crippen LogP contribution in [0.3, 0.4) is 0 Å². The van der Waals surface area contributed by atoms with Gasteiger partial charge in [0.15, 0.2) is 9.84 Å². The van der Waals surface area contributed by atoms with Crippen LogP contribution in [0.4, 0.5) is 11.4 Å². The minimum absolute atomic E-state index is 0.0237. The first-order chi connectivity index (χ1) is 14.6. The molecule has 2 aromatic carbocycles. The topological polar surface area (TPSA) is 74.8 Å². The van der Waals surface area contributed by atoms with E-state index in [9.17, 15) is 18.0 Å². The van der Waals surface area contributed by atoms with Crippen molar-refractivity contribution in [3.63, 3.8) is 0 Å². The van der Waals surface area contributed by atoms with Gasteiger partial charge in [0.05, 0.1) is 22.3 Å². The summed E-state index contributed by atoms with van der Waals surface area (Å²) >= 11 is 6.20. The first-order valence-electron chi connectivity index (χ1n) is 10.3. The Balaban J connectivity index is 1.85. The Morgan fingerprint density at radius 1 is 1.03 bits per heavy atom. The van der Waals surface area contributed by atoms with Crippen molar-refractivity contribution in [3.05, 3.63) is 41.4 Å². The van der Waals surface area contributed by atoms with Crippen LogP contribution in [0.2, 0.25) is 5.02 Å². The molecule has 0 aromatic heterocycles. The lowest BCUT2D eigenvalue weighted by Crippen LogP contribution is -2.53. The number of rotatable bonds is 3. The van der Waals surface area contributed by atoms with Gasteiger partial charge in [-0.25, -0.2) is 8.42 Å². The van der Waals surface area contributed by atoms with Crippen molar-refractivity contribution in [2.75, 3.05) is 22.6 Å². The van der Waals surface area contributed by atoms with E-state index in [2.05, 4.69) is 0 Å². The molecule has 0 N–H and O–H groups in total. The van der Waals surface area contributed by atoms with E-state index >= 15 is 0 Å². The SMILES string of the molecule is CC(=O)N1c2ccc(-c3cc(Cl)cc(S(C)(=O)=O)c3)cc2N(C(=O)C2CCC2)C[C@@H]1C. The van der Waals surface area contributed by atoms with Crippen LogP contribution < -0.4 is 9.80 Å². The van der Waals surface area contributed by atoms with E-state index in [4.69, 9.17) is 11.6 Å². The third kappa shape index (κ3) is 4.08. The van der Waals surface area contributed by atoms with E-state index in [0.717, 1.165) is 31.1 Å². The summed E-state index contributed by atoms with van der Waals surface area (Å²) in [7, 11) is -3.43. The Labute approximate surface area is 187 Å². The Hall–Kier alpha value is -2.38. The van der Waals surface area contributed by atoms with Crippen molar-refractivity contribution in [2.45, 2.75) is 44.0 Å². The fourth-order valence-corrected chi connectivity index (χ4v) is 5.29. The lowest BCUT2D eigenvalue weighted by atomic mass is 9.84. The molecule has 31 heavy (non-hydrogen) atoms. The summed E-state index contributed by atoms with van der Waals surface area (Å²) < 4.78 is 24.1. The molecule has 0 unspecified atom stereocenters. The molecular weight excluding hydrogens is 436 g/mol. The van der Waals surface area contributed by atoms with Gasteiger partial charge >= 0.3 is 0 Å². The van der Waals surface area contributed by atoms with Gasteiger partial charge in [-0.3, -0.25) is 9.59 Å². The molecule has 0 spiro atoms. The van der Waals surface area contributed by atoms with E-state index in [-0.39, 0.29) is 28.7 Å². The molecular formula is C23H25ClN2O4S. The van der Waals surface area contributed by atoms with E-state index < -0.39 is 9.84 Å². The number of halogens is 1. The number of carbonyl (C=O) groups is 2. The highest BCUT2D eigenvalue weighted by Crippen LogP contribution is 2.41. The monoisotopic (exact) mass is 460 g/mol. The fraction of sp³-hybridized carbons (Fsp3) is 0.391. The van der Waals surface area contributed by atoms with Crippen LogP contribution in [0.1, 0.15) is 33.1 Å². The Bertz CT molecular complexity index is 1170. The van der Waals surface area contributed by atoms with Gasteiger partial charge in [-0.1, -0.05) is 24.1 Å². The second kappa shape index (κ2) is 7.95. The summed E-state index contributed by atoms with van der Waals surface area (Å²) in [5, 5.41) is 0.317. The molecule has 1 aliphatic carbocycles. The maximum Gasteiger partial charge on any atom is 0.230 e. The van der Waals surface area contributed by atoms with Crippen LogP contribution in [0.5, 0.6) is 0 Å². The molecule has 2 aliphatic rings. The zero-order valence-electron chi connectivity index (χ0n) is 17.8. The Kier molecular flexibility index (Phi) is 5.60. The molecule has 0 bridgehead atoms. The number of fused-ring (bicyclic) bond motifs is 1. The molecule has 8 heteroatoms. The molecule has 0 saturated heterocycles. The molecule has 1 heterocycles. The second-order valence-corrected chi connectivity index (χ2v) is 10.9. The molecule has 164 valence electrons. The predicted octanol–water partition coefficient (Wildman–Crippen LogP) is 4.30. The largest absolute Gasteiger partial charge is 0.308 e. The van der Waals surface area contributed by atoms with Gasteiger partial charge in [0.25, 0.3) is 0 Å². The highest BCUT2D eigenvalue weighted by molar-refractivity contribution is 7.90. The van der Waals surface area contributed by atoms with Gasteiger partial charge in [0.2, 0.25) is 11.8 Å². The van der Waals surface area contributed by atoms with Gasteiger partial charge in [-0.05, 0) is 61.2 Å². The molecule has 1 aliphatic heterocycles. The second-order valence-electron chi connectivity index (χ2n) is 8.47. The van der Waals surface area contributed by atoms with E-state index in [0.29, 0.717) is 28.5 Å². The van der Waals surface area contributed by atoms with Crippen LogP contribution in [0.25, 0.3) is 11.1 Å². The van der Waals surface area contributed by atoms with Crippen molar-refractivity contribution >= 4 is 44.6 Å². The molecule has 0 radical (unpaired) electrons. The zero-order valence-corrected chi connectivity index (χ0v) is 19.3. The summed E-state index contributed by atoms with van der Waals surface area (Å²) in [6.45, 7) is 3.89. The van der Waals surface area contributed by atoms with Crippen molar-refractivity contribution in [1.82, 2.24) is 0 Å². The normalized spacial score (nSPS) is 19.0. The predicted molar refractivity (Wildman–Crippen MR) is 122 cm³/mol. The molecule has 1 atom stereocenters. The Morgan fingerprint density at radius 2 is 1.74 bits per heavy atom. The summed E-state index contributed by atoms with van der Waals surface area (Å²) in [5.74, 6) is 0.0255. The third-order valence-electron chi connectivity index (χ3n) is 6.11. The Morgan fingerprint density at radius 3 is 2.32 bits per heavy atom. The van der Waals surface area contributed by atoms with Gasteiger partial charge in [0, 0.05) is 30.7 Å². The first-order valence-corrected chi connectivity index (χ1v) is 12.6. The molecule has 1 saturated carbocycles. The molecule has 4 rings (SSSR count). The van der Waals surface area contributed by atoms with Crippen molar-refractivity contribution in [2.24, 2.45) is 5.92 Å². The van der Waals surface area contributed by atoms with E-state index in [1.54, 1.807) is 21.9 Å². The minimum atomic E-state index is -3.43. The lowest BCUT2D eigenvalue weighted by molar-refractivity contribution is -0.125. The average molecular weight is 461 g/mol. The standard InChI is InChI=1S/C23H25ClN2O4S/c1-14-13-25(23(28)16-5-4-6-16)22-11-17(7-8-21(22)26(14)15(2)27)18-9-19(24)12-20(10-18)31(3,29)30/h7-12,14,16H,4-6,13H2,1-3H3/t14-/m0/s1. The fourth-order valence-electron chi connectivity index (χ4n) is 4.31. The van der Waals surface area contributed by atoms with Crippen molar-refractivity contribution in [3.8, 4) is 11.1 Å². The number of amides is 2. The highest BCUT2D eigenvalue weighted by atomic mass is 35.5. The maximum atomic E-state index is 13.2. The number of anilines is 2. The number of sulfone groups is 1. The van der Waals surface area contributed by atoms with Gasteiger partial charge in [-0.2, -0.15) is 0 Å². The number of benzene rings is 2. The highest BCUT2D eigenvalue weighted by Gasteiger charge is 2.37. The van der Waals surface area contributed by atoms with Crippen LogP contribution in [-0.4, -0.2) is 39.1 Å². The number of hydrogen-bond acceptors (Lipinski definition) is 4. The molecule has 2 amide bonds. The summed E-state index contributed by atoms with van der Waals surface area (Å²) in [4.78, 5) is 29.1. The molecule has 2 aromatic rings. The third-order valence-corrected chi connectivity index (χ3v) is 7.42. The van der Waals surface area contributed by atoms with Crippen LogP contribution in [-0.2, 0) is 19.4 Å². The summed E-state index contributed by atoms with van der Waals surface area (Å²) in [6.07, 6.45) is 3.98. The first kappa shape index (κ1) is 21.8. The van der Waals surface area contributed by atoms with Gasteiger partial charge in [-0.15, -0.1) is 0 Å². The number of nitrogens with zero attached hydrogens (tertiary/aromatic N) is 2. The van der Waals surface area contributed by atoms with Crippen LogP contribution in [0, 0.1) is 5.92 Å². The minimum Gasteiger partial charge on any atom is -0.308 e. The van der Waals surface area contributed by atoms with Crippen molar-refractivity contribution < 1.29 is 18.0 Å². The maximum absolute atomic E-state index is 13.2. The lowest BCUT2D eigenvalue weighted by Gasteiger charge is -2.43. The number of carbonyl (C=O) groups excluding carboxylic acids is 2. The molecule has 6 nitrogen and oxygen atoms in total. The molecule has 1 fully saturated rings. The zero-order chi connectivity index (χ0) is 22.5. The quantitative estimate of drug-likeness (QED) is 0.684. The average Bonchev–Trinajstić information content (AvgIpc) is 2.64. The van der Waals surface area contributed by atoms with Gasteiger partial charge < -0.3 is 9.80 Å². The van der Waals surface area contributed by atoms with Crippen LogP contribution >= 0.6 is 11.6 Å². The number of hydrogen-bond donors (Lipinski definition) is 0. The van der Waals surface area contributed by atoms with Gasteiger partial charge in [0.1, 0.15) is 0 Å². The van der Waals surface area contributed by atoms with E-state index in [1.807, 2.05) is 25.1 Å². The van der Waals surface area contributed by atoms with Crippen molar-refractivity contribution in [1.29, 1.82) is 0 Å². The smallest absolute Gasteiger partial charge is 0.230 e. The van der Waals surface area contributed by atoms with Crippen LogP contribution in [0.15, 0.2) is 41.3 Å². The summed E-state index contributed by atoms with van der Waals surface area (Å²) in [6, 6.07) is 10.1. The summed E-state index contributed by atoms with van der Waals surface area (Å²) in [5.41, 5.74) is 2.73.